The molecule has 1 aromatic rings. The first-order valence-corrected chi connectivity index (χ1v) is 6.07. The lowest BCUT2D eigenvalue weighted by Gasteiger charge is -2.35. The summed E-state index contributed by atoms with van der Waals surface area (Å²) in [6, 6.07) is 3.54. The second-order valence-corrected chi connectivity index (χ2v) is 5.12. The molecular formula is C13H20N2O2. The van der Waals surface area contributed by atoms with Gasteiger partial charge >= 0.3 is 0 Å². The lowest BCUT2D eigenvalue weighted by atomic mass is 9.95. The van der Waals surface area contributed by atoms with Crippen molar-refractivity contribution in [1.82, 2.24) is 4.98 Å². The highest BCUT2D eigenvalue weighted by atomic mass is 16.5. The quantitative estimate of drug-likeness (QED) is 0.875. The van der Waals surface area contributed by atoms with Crippen LogP contribution in [-0.4, -0.2) is 23.3 Å². The van der Waals surface area contributed by atoms with Crippen molar-refractivity contribution in [2.45, 2.75) is 44.8 Å². The van der Waals surface area contributed by atoms with Crippen LogP contribution < -0.4 is 10.5 Å². The molecule has 94 valence electrons. The van der Waals surface area contributed by atoms with E-state index in [0.29, 0.717) is 12.4 Å². The van der Waals surface area contributed by atoms with Crippen LogP contribution in [0.15, 0.2) is 18.3 Å². The molecule has 2 N–H and O–H groups in total. The van der Waals surface area contributed by atoms with Gasteiger partial charge in [0.15, 0.2) is 0 Å². The molecule has 4 heteroatoms. The molecule has 0 aliphatic carbocycles. The summed E-state index contributed by atoms with van der Waals surface area (Å²) in [5, 5.41) is 0. The Balaban J connectivity index is 1.86. The van der Waals surface area contributed by atoms with Crippen molar-refractivity contribution in [3.05, 3.63) is 18.3 Å². The van der Waals surface area contributed by atoms with Crippen molar-refractivity contribution >= 4 is 5.82 Å². The van der Waals surface area contributed by atoms with E-state index in [4.69, 9.17) is 15.2 Å². The summed E-state index contributed by atoms with van der Waals surface area (Å²) in [5.41, 5.74) is 5.56. The number of nitrogens with two attached hydrogens (primary N) is 1. The number of nitrogen functional groups attached to an aromatic ring is 1. The lowest BCUT2D eigenvalue weighted by molar-refractivity contribution is -0.118. The maximum Gasteiger partial charge on any atom is 0.126 e. The number of nitrogens with zero attached hydrogens (tertiary/aromatic N) is 1. The number of aromatic nitrogens is 1. The number of anilines is 1. The third-order valence-corrected chi connectivity index (χ3v) is 2.98. The average Bonchev–Trinajstić information content (AvgIpc) is 2.25. The molecule has 4 nitrogen and oxygen atoms in total. The zero-order chi connectivity index (χ0) is 12.3. The van der Waals surface area contributed by atoms with Crippen LogP contribution in [0.4, 0.5) is 5.82 Å². The molecule has 0 spiro atoms. The van der Waals surface area contributed by atoms with E-state index in [1.165, 1.54) is 6.42 Å². The normalized spacial score (nSPS) is 23.3. The highest BCUT2D eigenvalue weighted by Gasteiger charge is 2.28. The van der Waals surface area contributed by atoms with Crippen molar-refractivity contribution in [1.29, 1.82) is 0 Å². The second kappa shape index (κ2) is 4.92. The van der Waals surface area contributed by atoms with Crippen molar-refractivity contribution in [3.8, 4) is 5.75 Å². The molecule has 0 bridgehead atoms. The fraction of sp³-hybridized carbons (Fsp3) is 0.615. The maximum atomic E-state index is 5.95. The average molecular weight is 236 g/mol. The monoisotopic (exact) mass is 236 g/mol. The number of hydrogen-bond acceptors (Lipinski definition) is 4. The summed E-state index contributed by atoms with van der Waals surface area (Å²) in [5.74, 6) is 1.23. The van der Waals surface area contributed by atoms with Crippen molar-refractivity contribution in [3.63, 3.8) is 0 Å². The molecule has 0 aromatic carbocycles. The molecular weight excluding hydrogens is 216 g/mol. The summed E-state index contributed by atoms with van der Waals surface area (Å²) < 4.78 is 11.6. The van der Waals surface area contributed by atoms with Crippen LogP contribution in [0, 0.1) is 0 Å². The molecule has 2 rings (SSSR count). The Morgan fingerprint density at radius 3 is 3.12 bits per heavy atom. The van der Waals surface area contributed by atoms with Gasteiger partial charge in [-0.2, -0.15) is 0 Å². The Bertz CT molecular complexity index is 379. The van der Waals surface area contributed by atoms with E-state index in [2.05, 4.69) is 18.8 Å². The van der Waals surface area contributed by atoms with Gasteiger partial charge in [-0.05, 0) is 39.2 Å². The fourth-order valence-corrected chi connectivity index (χ4v) is 2.15. The molecule has 2 heterocycles. The Kier molecular flexibility index (Phi) is 3.52. The van der Waals surface area contributed by atoms with Crippen molar-refractivity contribution < 1.29 is 9.47 Å². The smallest absolute Gasteiger partial charge is 0.126 e. The van der Waals surface area contributed by atoms with Crippen LogP contribution in [-0.2, 0) is 4.74 Å². The molecule has 1 aromatic heterocycles. The predicted octanol–water partition coefficient (Wildman–Crippen LogP) is 2.39. The summed E-state index contributed by atoms with van der Waals surface area (Å²) in [6.07, 6.45) is 5.19. The van der Waals surface area contributed by atoms with E-state index in [-0.39, 0.29) is 11.7 Å². The second-order valence-electron chi connectivity index (χ2n) is 5.12. The standard InChI is InChI=1S/C13H20N2O2/c1-13(2)6-3-4-11(17-13)9-16-10-5-7-15-12(14)8-10/h5,7-8,11H,3-4,6,9H2,1-2H3,(H2,14,15)/t11-/m1/s1. The number of pyridine rings is 1. The van der Waals surface area contributed by atoms with Crippen LogP contribution in [0.3, 0.4) is 0 Å². The minimum absolute atomic E-state index is 0.0243. The van der Waals surface area contributed by atoms with Gasteiger partial charge in [0.1, 0.15) is 18.2 Å². The van der Waals surface area contributed by atoms with E-state index < -0.39 is 0 Å². The summed E-state index contributed by atoms with van der Waals surface area (Å²) >= 11 is 0. The van der Waals surface area contributed by atoms with Gasteiger partial charge in [0.05, 0.1) is 11.7 Å². The SMILES string of the molecule is CC1(C)CCC[C@H](COc2ccnc(N)c2)O1. The number of hydrogen-bond donors (Lipinski definition) is 1. The Labute approximate surface area is 102 Å². The molecule has 0 amide bonds. The first kappa shape index (κ1) is 12.2. The molecule has 0 unspecified atom stereocenters. The topological polar surface area (TPSA) is 57.4 Å². The van der Waals surface area contributed by atoms with Gasteiger partial charge < -0.3 is 15.2 Å². The molecule has 1 aliphatic heterocycles. The van der Waals surface area contributed by atoms with E-state index in [1.807, 2.05) is 6.07 Å². The van der Waals surface area contributed by atoms with E-state index in [0.717, 1.165) is 18.6 Å². The fourth-order valence-electron chi connectivity index (χ4n) is 2.15. The van der Waals surface area contributed by atoms with E-state index in [9.17, 15) is 0 Å². The molecule has 0 saturated carbocycles. The van der Waals surface area contributed by atoms with Crippen LogP contribution in [0.1, 0.15) is 33.1 Å². The Morgan fingerprint density at radius 2 is 2.41 bits per heavy atom. The van der Waals surface area contributed by atoms with E-state index in [1.54, 1.807) is 12.3 Å². The molecule has 1 aliphatic rings. The third-order valence-electron chi connectivity index (χ3n) is 2.98. The largest absolute Gasteiger partial charge is 0.491 e. The Morgan fingerprint density at radius 1 is 1.59 bits per heavy atom. The van der Waals surface area contributed by atoms with Crippen molar-refractivity contribution in [2.24, 2.45) is 0 Å². The van der Waals surface area contributed by atoms with Crippen LogP contribution in [0.5, 0.6) is 5.75 Å². The summed E-state index contributed by atoms with van der Waals surface area (Å²) in [6.45, 7) is 4.83. The Hall–Kier alpha value is -1.29. The van der Waals surface area contributed by atoms with Gasteiger partial charge in [-0.3, -0.25) is 0 Å². The molecule has 17 heavy (non-hydrogen) atoms. The summed E-state index contributed by atoms with van der Waals surface area (Å²) in [4.78, 5) is 3.92. The van der Waals surface area contributed by atoms with Gasteiger partial charge in [0.25, 0.3) is 0 Å². The zero-order valence-corrected chi connectivity index (χ0v) is 10.5. The minimum Gasteiger partial charge on any atom is -0.491 e. The zero-order valence-electron chi connectivity index (χ0n) is 10.5. The highest BCUT2D eigenvalue weighted by molar-refractivity contribution is 5.35. The molecule has 1 saturated heterocycles. The van der Waals surface area contributed by atoms with Gasteiger partial charge in [-0.15, -0.1) is 0 Å². The highest BCUT2D eigenvalue weighted by Crippen LogP contribution is 2.28. The van der Waals surface area contributed by atoms with Crippen LogP contribution in [0.25, 0.3) is 0 Å². The molecule has 1 fully saturated rings. The van der Waals surface area contributed by atoms with Gasteiger partial charge in [-0.1, -0.05) is 0 Å². The van der Waals surface area contributed by atoms with Crippen molar-refractivity contribution in [2.75, 3.05) is 12.3 Å². The lowest BCUT2D eigenvalue weighted by Crippen LogP contribution is -2.38. The first-order valence-electron chi connectivity index (χ1n) is 6.07. The van der Waals surface area contributed by atoms with Crippen LogP contribution in [0.2, 0.25) is 0 Å². The van der Waals surface area contributed by atoms with Crippen LogP contribution >= 0.6 is 0 Å². The minimum atomic E-state index is -0.0243. The van der Waals surface area contributed by atoms with Gasteiger partial charge in [0.2, 0.25) is 0 Å². The number of rotatable bonds is 3. The molecule has 0 radical (unpaired) electrons. The molecule has 1 atom stereocenters. The summed E-state index contributed by atoms with van der Waals surface area (Å²) in [7, 11) is 0. The predicted molar refractivity (Wildman–Crippen MR) is 66.9 cm³/mol. The first-order chi connectivity index (χ1) is 8.05. The van der Waals surface area contributed by atoms with E-state index >= 15 is 0 Å². The van der Waals surface area contributed by atoms with Gasteiger partial charge in [-0.25, -0.2) is 4.98 Å². The maximum absolute atomic E-state index is 5.95. The number of ether oxygens (including phenoxy) is 2. The van der Waals surface area contributed by atoms with Gasteiger partial charge in [0, 0.05) is 12.3 Å². The third kappa shape index (κ3) is 3.60.